The summed E-state index contributed by atoms with van der Waals surface area (Å²) in [7, 11) is 0. The van der Waals surface area contributed by atoms with Gasteiger partial charge in [-0.25, -0.2) is 0 Å². The second-order valence-corrected chi connectivity index (χ2v) is 3.90. The second kappa shape index (κ2) is 6.63. The van der Waals surface area contributed by atoms with Gasteiger partial charge in [0, 0.05) is 5.75 Å². The van der Waals surface area contributed by atoms with Crippen LogP contribution in [-0.4, -0.2) is 45.7 Å². The second-order valence-electron chi connectivity index (χ2n) is 2.75. The van der Waals surface area contributed by atoms with E-state index in [1.807, 2.05) is 0 Å². The zero-order valence-electron chi connectivity index (χ0n) is 7.55. The Morgan fingerprint density at radius 2 is 1.64 bits per heavy atom. The maximum Gasteiger partial charge on any atom is 0.321 e. The van der Waals surface area contributed by atoms with Crippen LogP contribution in [0.3, 0.4) is 0 Å². The highest BCUT2D eigenvalue weighted by Crippen LogP contribution is 2.05. The van der Waals surface area contributed by atoms with Crippen molar-refractivity contribution in [2.45, 2.75) is 18.5 Å². The molecule has 0 aliphatic rings. The minimum Gasteiger partial charge on any atom is -0.480 e. The molecule has 6 nitrogen and oxygen atoms in total. The molecule has 14 heavy (non-hydrogen) atoms. The normalized spacial score (nSPS) is 14.7. The van der Waals surface area contributed by atoms with E-state index in [0.29, 0.717) is 12.2 Å². The lowest BCUT2D eigenvalue weighted by Gasteiger charge is -2.07. The third-order valence-electron chi connectivity index (χ3n) is 1.50. The van der Waals surface area contributed by atoms with Crippen molar-refractivity contribution in [1.82, 2.24) is 0 Å². The SMILES string of the molecule is NC(CSCC[C@@H](N)C(=O)O)C(=O)O. The molecular formula is C7H14N2O4S. The maximum absolute atomic E-state index is 10.3. The van der Waals surface area contributed by atoms with E-state index in [1.165, 1.54) is 11.8 Å². The van der Waals surface area contributed by atoms with Gasteiger partial charge in [0.1, 0.15) is 12.1 Å². The molecule has 0 radical (unpaired) electrons. The van der Waals surface area contributed by atoms with Gasteiger partial charge in [0.15, 0.2) is 0 Å². The predicted molar refractivity (Wildman–Crippen MR) is 53.2 cm³/mol. The van der Waals surface area contributed by atoms with Crippen molar-refractivity contribution in [3.05, 3.63) is 0 Å². The Hall–Kier alpha value is -0.790. The number of thioether (sulfide) groups is 1. The summed E-state index contributed by atoms with van der Waals surface area (Å²) in [6, 6.07) is -1.79. The van der Waals surface area contributed by atoms with Crippen molar-refractivity contribution in [3.63, 3.8) is 0 Å². The molecule has 82 valence electrons. The summed E-state index contributed by atoms with van der Waals surface area (Å²) in [6.45, 7) is 0. The van der Waals surface area contributed by atoms with E-state index in [2.05, 4.69) is 0 Å². The van der Waals surface area contributed by atoms with E-state index in [1.54, 1.807) is 0 Å². The molecule has 0 bridgehead atoms. The largest absolute Gasteiger partial charge is 0.480 e. The average molecular weight is 222 g/mol. The van der Waals surface area contributed by atoms with E-state index in [0.717, 1.165) is 0 Å². The quantitative estimate of drug-likeness (QED) is 0.404. The van der Waals surface area contributed by atoms with Gasteiger partial charge in [0.2, 0.25) is 0 Å². The summed E-state index contributed by atoms with van der Waals surface area (Å²) in [6.07, 6.45) is 0.312. The van der Waals surface area contributed by atoms with Crippen molar-refractivity contribution in [2.75, 3.05) is 11.5 Å². The number of hydrogen-bond donors (Lipinski definition) is 4. The fourth-order valence-corrected chi connectivity index (χ4v) is 1.60. The number of aliphatic carboxylic acids is 2. The van der Waals surface area contributed by atoms with Crippen LogP contribution < -0.4 is 11.5 Å². The lowest BCUT2D eigenvalue weighted by Crippen LogP contribution is -2.33. The molecule has 0 aromatic heterocycles. The van der Waals surface area contributed by atoms with E-state index < -0.39 is 24.0 Å². The van der Waals surface area contributed by atoms with Crippen LogP contribution in [0.2, 0.25) is 0 Å². The lowest BCUT2D eigenvalue weighted by molar-refractivity contribution is -0.139. The molecule has 0 saturated heterocycles. The van der Waals surface area contributed by atoms with Crippen molar-refractivity contribution >= 4 is 23.7 Å². The summed E-state index contributed by atoms with van der Waals surface area (Å²) in [4.78, 5) is 20.6. The molecule has 0 aliphatic heterocycles. The molecule has 0 aromatic rings. The van der Waals surface area contributed by atoms with Gasteiger partial charge in [-0.3, -0.25) is 9.59 Å². The van der Waals surface area contributed by atoms with Gasteiger partial charge in [0.05, 0.1) is 0 Å². The predicted octanol–water partition coefficient (Wildman–Crippen LogP) is -1.07. The van der Waals surface area contributed by atoms with Gasteiger partial charge >= 0.3 is 11.9 Å². The fraction of sp³-hybridized carbons (Fsp3) is 0.714. The molecule has 0 fully saturated rings. The zero-order valence-corrected chi connectivity index (χ0v) is 8.37. The third kappa shape index (κ3) is 5.79. The number of carboxylic acid groups (broad SMARTS) is 2. The van der Waals surface area contributed by atoms with E-state index in [4.69, 9.17) is 21.7 Å². The number of nitrogens with two attached hydrogens (primary N) is 2. The third-order valence-corrected chi connectivity index (χ3v) is 2.62. The standard InChI is InChI=1S/C7H14N2O4S/c8-4(6(10)11)1-2-14-3-5(9)7(12)13/h4-5H,1-3,8-9H2,(H,10,11)(H,12,13)/t4-,5?/m1/s1. The molecule has 0 spiro atoms. The number of carboxylic acids is 2. The summed E-state index contributed by atoms with van der Waals surface area (Å²) < 4.78 is 0. The van der Waals surface area contributed by atoms with Crippen LogP contribution in [0.4, 0.5) is 0 Å². The molecule has 7 heteroatoms. The van der Waals surface area contributed by atoms with Crippen molar-refractivity contribution < 1.29 is 19.8 Å². The smallest absolute Gasteiger partial charge is 0.321 e. The number of carbonyl (C=O) groups is 2. The van der Waals surface area contributed by atoms with E-state index in [-0.39, 0.29) is 5.75 Å². The van der Waals surface area contributed by atoms with Gasteiger partial charge in [-0.2, -0.15) is 11.8 Å². The Morgan fingerprint density at radius 1 is 1.14 bits per heavy atom. The maximum atomic E-state index is 10.3. The Bertz CT molecular complexity index is 190. The summed E-state index contributed by atoms with van der Waals surface area (Å²) >= 11 is 1.29. The monoisotopic (exact) mass is 222 g/mol. The van der Waals surface area contributed by atoms with Crippen molar-refractivity contribution in [2.24, 2.45) is 11.5 Å². The first-order valence-electron chi connectivity index (χ1n) is 3.99. The van der Waals surface area contributed by atoms with E-state index >= 15 is 0 Å². The molecule has 0 heterocycles. The topological polar surface area (TPSA) is 127 Å². The molecule has 0 rings (SSSR count). The van der Waals surface area contributed by atoms with Crippen LogP contribution in [0.5, 0.6) is 0 Å². The number of hydrogen-bond acceptors (Lipinski definition) is 5. The average Bonchev–Trinajstić information content (AvgIpc) is 2.11. The van der Waals surface area contributed by atoms with Crippen LogP contribution in [0.25, 0.3) is 0 Å². The Kier molecular flexibility index (Phi) is 6.26. The Balaban J connectivity index is 3.47. The molecule has 0 saturated carbocycles. The van der Waals surface area contributed by atoms with Crippen molar-refractivity contribution in [3.8, 4) is 0 Å². The minimum absolute atomic E-state index is 0.266. The van der Waals surface area contributed by atoms with Gasteiger partial charge < -0.3 is 21.7 Å². The van der Waals surface area contributed by atoms with Crippen LogP contribution in [0, 0.1) is 0 Å². The number of rotatable bonds is 7. The lowest BCUT2D eigenvalue weighted by atomic mass is 10.2. The van der Waals surface area contributed by atoms with Gasteiger partial charge in [-0.15, -0.1) is 0 Å². The summed E-state index contributed by atoms with van der Waals surface area (Å²) in [5.74, 6) is -1.34. The molecule has 2 atom stereocenters. The van der Waals surface area contributed by atoms with Gasteiger partial charge in [-0.1, -0.05) is 0 Å². The van der Waals surface area contributed by atoms with Gasteiger partial charge in [0.25, 0.3) is 0 Å². The first-order chi connectivity index (χ1) is 6.45. The highest BCUT2D eigenvalue weighted by molar-refractivity contribution is 7.99. The van der Waals surface area contributed by atoms with E-state index in [9.17, 15) is 9.59 Å². The van der Waals surface area contributed by atoms with Crippen LogP contribution in [-0.2, 0) is 9.59 Å². The highest BCUT2D eigenvalue weighted by Gasteiger charge is 2.13. The van der Waals surface area contributed by atoms with Gasteiger partial charge in [-0.05, 0) is 12.2 Å². The molecule has 0 aliphatic carbocycles. The zero-order chi connectivity index (χ0) is 11.1. The first-order valence-corrected chi connectivity index (χ1v) is 5.15. The van der Waals surface area contributed by atoms with Crippen LogP contribution in [0.15, 0.2) is 0 Å². The Labute approximate surface area is 85.6 Å². The summed E-state index contributed by atoms with van der Waals surface area (Å²) in [5, 5.41) is 16.8. The molecular weight excluding hydrogens is 208 g/mol. The highest BCUT2D eigenvalue weighted by atomic mass is 32.2. The molecule has 0 amide bonds. The fourth-order valence-electron chi connectivity index (χ4n) is 0.615. The molecule has 6 N–H and O–H groups in total. The summed E-state index contributed by atoms with van der Waals surface area (Å²) in [5.41, 5.74) is 10.5. The van der Waals surface area contributed by atoms with Crippen molar-refractivity contribution in [1.29, 1.82) is 0 Å². The Morgan fingerprint density at radius 3 is 2.07 bits per heavy atom. The minimum atomic E-state index is -1.06. The van der Waals surface area contributed by atoms with Crippen LogP contribution in [0.1, 0.15) is 6.42 Å². The van der Waals surface area contributed by atoms with Crippen LogP contribution >= 0.6 is 11.8 Å². The molecule has 0 aromatic carbocycles. The molecule has 1 unspecified atom stereocenters. The first kappa shape index (κ1) is 13.2.